The molecule has 0 aromatic heterocycles. The van der Waals surface area contributed by atoms with Crippen molar-refractivity contribution < 1.29 is 14.3 Å². The van der Waals surface area contributed by atoms with Crippen LogP contribution < -0.4 is 10.6 Å². The summed E-state index contributed by atoms with van der Waals surface area (Å²) in [5.74, 6) is -0.324. The van der Waals surface area contributed by atoms with Gasteiger partial charge in [0.2, 0.25) is 5.91 Å². The lowest BCUT2D eigenvalue weighted by Gasteiger charge is -2.17. The third kappa shape index (κ3) is 3.36. The second-order valence-electron chi connectivity index (χ2n) is 4.99. The highest BCUT2D eigenvalue weighted by atomic mass is 16.5. The van der Waals surface area contributed by atoms with E-state index in [0.717, 1.165) is 24.9 Å². The van der Waals surface area contributed by atoms with Gasteiger partial charge < -0.3 is 15.4 Å². The predicted molar refractivity (Wildman–Crippen MR) is 75.4 cm³/mol. The second kappa shape index (κ2) is 6.52. The van der Waals surface area contributed by atoms with Crippen molar-refractivity contribution in [1.82, 2.24) is 10.6 Å². The van der Waals surface area contributed by atoms with E-state index in [1.54, 1.807) is 12.1 Å². The van der Waals surface area contributed by atoms with E-state index in [1.807, 2.05) is 19.1 Å². The molecule has 1 aliphatic heterocycles. The van der Waals surface area contributed by atoms with Gasteiger partial charge in [-0.1, -0.05) is 12.1 Å². The van der Waals surface area contributed by atoms with Crippen molar-refractivity contribution in [2.24, 2.45) is 0 Å². The number of hydrogen-bond acceptors (Lipinski definition) is 4. The summed E-state index contributed by atoms with van der Waals surface area (Å²) in [7, 11) is 1.35. The van der Waals surface area contributed by atoms with Crippen molar-refractivity contribution in [3.63, 3.8) is 0 Å². The Bertz CT molecular complexity index is 478. The fourth-order valence-corrected chi connectivity index (χ4v) is 2.33. The van der Waals surface area contributed by atoms with Gasteiger partial charge in [-0.3, -0.25) is 4.79 Å². The van der Waals surface area contributed by atoms with Crippen molar-refractivity contribution in [3.8, 4) is 0 Å². The molecule has 2 unspecified atom stereocenters. The fraction of sp³-hybridized carbons (Fsp3) is 0.467. The van der Waals surface area contributed by atoms with E-state index in [9.17, 15) is 9.59 Å². The molecule has 5 heteroatoms. The molecule has 5 nitrogen and oxygen atoms in total. The Morgan fingerprint density at radius 2 is 2.05 bits per heavy atom. The number of rotatable bonds is 4. The van der Waals surface area contributed by atoms with E-state index in [1.165, 1.54) is 7.11 Å². The molecule has 0 bridgehead atoms. The molecule has 20 heavy (non-hydrogen) atoms. The van der Waals surface area contributed by atoms with Crippen molar-refractivity contribution in [2.75, 3.05) is 13.7 Å². The van der Waals surface area contributed by atoms with Crippen LogP contribution in [0.15, 0.2) is 24.3 Å². The summed E-state index contributed by atoms with van der Waals surface area (Å²) < 4.78 is 4.65. The Morgan fingerprint density at radius 1 is 1.35 bits per heavy atom. The van der Waals surface area contributed by atoms with Gasteiger partial charge in [-0.2, -0.15) is 0 Å². The first-order valence-electron chi connectivity index (χ1n) is 6.84. The van der Waals surface area contributed by atoms with Gasteiger partial charge in [0.25, 0.3) is 0 Å². The van der Waals surface area contributed by atoms with Crippen LogP contribution >= 0.6 is 0 Å². The molecular formula is C15H20N2O3. The average Bonchev–Trinajstić information content (AvgIpc) is 3.01. The molecule has 1 aliphatic rings. The summed E-state index contributed by atoms with van der Waals surface area (Å²) >= 11 is 0. The topological polar surface area (TPSA) is 67.4 Å². The Labute approximate surface area is 118 Å². The van der Waals surface area contributed by atoms with Crippen molar-refractivity contribution in [3.05, 3.63) is 35.4 Å². The van der Waals surface area contributed by atoms with Crippen LogP contribution in [0.4, 0.5) is 0 Å². The first-order chi connectivity index (χ1) is 9.61. The molecule has 1 amide bonds. The maximum Gasteiger partial charge on any atom is 0.337 e. The van der Waals surface area contributed by atoms with Crippen LogP contribution in [0, 0.1) is 0 Å². The maximum absolute atomic E-state index is 12.0. The lowest BCUT2D eigenvalue weighted by molar-refractivity contribution is -0.123. The zero-order valence-electron chi connectivity index (χ0n) is 11.8. The van der Waals surface area contributed by atoms with E-state index >= 15 is 0 Å². The summed E-state index contributed by atoms with van der Waals surface area (Å²) in [6.45, 7) is 2.83. The maximum atomic E-state index is 12.0. The van der Waals surface area contributed by atoms with Gasteiger partial charge >= 0.3 is 5.97 Å². The Hall–Kier alpha value is -1.88. The Kier molecular flexibility index (Phi) is 4.74. The molecule has 108 valence electrons. The first kappa shape index (κ1) is 14.5. The Balaban J connectivity index is 1.96. The number of amides is 1. The molecule has 2 rings (SSSR count). The average molecular weight is 276 g/mol. The van der Waals surface area contributed by atoms with E-state index in [4.69, 9.17) is 0 Å². The number of carbonyl (C=O) groups is 2. The van der Waals surface area contributed by atoms with Gasteiger partial charge in [0.15, 0.2) is 0 Å². The quantitative estimate of drug-likeness (QED) is 0.816. The number of nitrogens with one attached hydrogen (secondary N) is 2. The van der Waals surface area contributed by atoms with Crippen LogP contribution in [0.25, 0.3) is 0 Å². The summed E-state index contributed by atoms with van der Waals surface area (Å²) in [4.78, 5) is 23.3. The molecule has 0 spiro atoms. The van der Waals surface area contributed by atoms with Crippen LogP contribution in [-0.2, 0) is 9.53 Å². The lowest BCUT2D eigenvalue weighted by atomic mass is 10.1. The molecule has 1 saturated heterocycles. The first-order valence-corrected chi connectivity index (χ1v) is 6.84. The molecular weight excluding hydrogens is 256 g/mol. The molecule has 0 aliphatic carbocycles. The number of ether oxygens (including phenoxy) is 1. The van der Waals surface area contributed by atoms with Crippen molar-refractivity contribution in [1.29, 1.82) is 0 Å². The summed E-state index contributed by atoms with van der Waals surface area (Å²) in [6.07, 6.45) is 1.93. The monoisotopic (exact) mass is 276 g/mol. The zero-order valence-corrected chi connectivity index (χ0v) is 11.8. The van der Waals surface area contributed by atoms with Gasteiger partial charge in [0.1, 0.15) is 0 Å². The molecule has 0 radical (unpaired) electrons. The minimum Gasteiger partial charge on any atom is -0.465 e. The minimum absolute atomic E-state index is 0.0343. The third-order valence-corrected chi connectivity index (χ3v) is 3.57. The lowest BCUT2D eigenvalue weighted by Crippen LogP contribution is -2.41. The van der Waals surface area contributed by atoms with Gasteiger partial charge in [-0.15, -0.1) is 0 Å². The smallest absolute Gasteiger partial charge is 0.337 e. The summed E-state index contributed by atoms with van der Waals surface area (Å²) in [5, 5.41) is 6.15. The molecule has 1 aromatic rings. The van der Waals surface area contributed by atoms with Gasteiger partial charge in [-0.25, -0.2) is 4.79 Å². The molecule has 0 saturated carbocycles. The zero-order chi connectivity index (χ0) is 14.5. The van der Waals surface area contributed by atoms with Crippen molar-refractivity contribution >= 4 is 11.9 Å². The fourth-order valence-electron chi connectivity index (χ4n) is 2.33. The van der Waals surface area contributed by atoms with Gasteiger partial charge in [-0.05, 0) is 44.0 Å². The van der Waals surface area contributed by atoms with Gasteiger partial charge in [0.05, 0.1) is 24.8 Å². The standard InChI is InChI=1S/C15H20N2O3/c1-10(17-14(18)13-4-3-9-16-13)11-5-7-12(8-6-11)15(19)20-2/h5-8,10,13,16H,3-4,9H2,1-2H3,(H,17,18). The highest BCUT2D eigenvalue weighted by Gasteiger charge is 2.23. The van der Waals surface area contributed by atoms with Crippen LogP contribution in [-0.4, -0.2) is 31.6 Å². The number of carbonyl (C=O) groups excluding carboxylic acids is 2. The molecule has 1 heterocycles. The third-order valence-electron chi connectivity index (χ3n) is 3.57. The number of esters is 1. The minimum atomic E-state index is -0.358. The molecule has 1 fully saturated rings. The Morgan fingerprint density at radius 3 is 2.60 bits per heavy atom. The molecule has 1 aromatic carbocycles. The van der Waals surface area contributed by atoms with E-state index in [-0.39, 0.29) is 24.0 Å². The normalized spacial score (nSPS) is 19.4. The number of hydrogen-bond donors (Lipinski definition) is 2. The summed E-state index contributed by atoms with van der Waals surface area (Å²) in [6, 6.07) is 6.91. The largest absolute Gasteiger partial charge is 0.465 e. The van der Waals surface area contributed by atoms with Crippen LogP contribution in [0.2, 0.25) is 0 Å². The highest BCUT2D eigenvalue weighted by molar-refractivity contribution is 5.89. The van der Waals surface area contributed by atoms with E-state index < -0.39 is 0 Å². The second-order valence-corrected chi connectivity index (χ2v) is 4.99. The van der Waals surface area contributed by atoms with Crippen molar-refractivity contribution in [2.45, 2.75) is 31.8 Å². The highest BCUT2D eigenvalue weighted by Crippen LogP contribution is 2.15. The molecule has 2 atom stereocenters. The SMILES string of the molecule is COC(=O)c1ccc(C(C)NC(=O)C2CCCN2)cc1. The van der Waals surface area contributed by atoms with E-state index in [2.05, 4.69) is 15.4 Å². The van der Waals surface area contributed by atoms with Crippen LogP contribution in [0.5, 0.6) is 0 Å². The predicted octanol–water partition coefficient (Wildman–Crippen LogP) is 1.40. The summed E-state index contributed by atoms with van der Waals surface area (Å²) in [5.41, 5.74) is 1.47. The van der Waals surface area contributed by atoms with E-state index in [0.29, 0.717) is 5.56 Å². The number of benzene rings is 1. The van der Waals surface area contributed by atoms with Crippen LogP contribution in [0.3, 0.4) is 0 Å². The number of methoxy groups -OCH3 is 1. The van der Waals surface area contributed by atoms with Crippen LogP contribution in [0.1, 0.15) is 41.7 Å². The molecule has 2 N–H and O–H groups in total. The van der Waals surface area contributed by atoms with Gasteiger partial charge in [0, 0.05) is 0 Å².